The Kier molecular flexibility index (Phi) is 4.09. The van der Waals surface area contributed by atoms with E-state index in [-0.39, 0.29) is 11.3 Å². The molecule has 0 radical (unpaired) electrons. The number of hydrogen-bond donors (Lipinski definition) is 0. The summed E-state index contributed by atoms with van der Waals surface area (Å²) >= 11 is 0. The molecule has 0 aromatic heterocycles. The van der Waals surface area contributed by atoms with Gasteiger partial charge in [-0.1, -0.05) is 12.7 Å². The molecule has 0 atom stereocenters. The Hall–Kier alpha value is -1.89. The lowest BCUT2D eigenvalue weighted by Crippen LogP contribution is -1.98. The molecule has 0 amide bonds. The van der Waals surface area contributed by atoms with E-state index in [0.717, 1.165) is 6.08 Å². The van der Waals surface area contributed by atoms with Crippen molar-refractivity contribution >= 4 is 0 Å². The van der Waals surface area contributed by atoms with Crippen LogP contribution in [0.1, 0.15) is 6.92 Å². The Labute approximate surface area is 70.3 Å². The van der Waals surface area contributed by atoms with Gasteiger partial charge in [0, 0.05) is 6.08 Å². The number of hydrogen-bond acceptors (Lipinski definition) is 3. The summed E-state index contributed by atoms with van der Waals surface area (Å²) in [5.41, 5.74) is -0.256. The van der Waals surface area contributed by atoms with Crippen LogP contribution in [0.4, 0.5) is 0 Å². The van der Waals surface area contributed by atoms with Gasteiger partial charge >= 0.3 is 0 Å². The van der Waals surface area contributed by atoms with Gasteiger partial charge in [0.05, 0.1) is 4.92 Å². The molecule has 0 aromatic carbocycles. The molecule has 12 heavy (non-hydrogen) atoms. The minimum Gasteiger partial charge on any atom is -0.258 e. The van der Waals surface area contributed by atoms with Gasteiger partial charge in [0.25, 0.3) is 5.70 Å². The smallest absolute Gasteiger partial charge is 0.258 e. The molecule has 0 aliphatic heterocycles. The zero-order valence-corrected chi connectivity index (χ0v) is 6.65. The monoisotopic (exact) mass is 164 g/mol. The van der Waals surface area contributed by atoms with Crippen LogP contribution in [0, 0.1) is 21.4 Å². The van der Waals surface area contributed by atoms with E-state index >= 15 is 0 Å². The lowest BCUT2D eigenvalue weighted by Gasteiger charge is -1.90. The summed E-state index contributed by atoms with van der Waals surface area (Å²) in [6, 6.07) is 1.72. The summed E-state index contributed by atoms with van der Waals surface area (Å²) < 4.78 is 0. The predicted octanol–water partition coefficient (Wildman–Crippen LogP) is 1.80. The van der Waals surface area contributed by atoms with Crippen molar-refractivity contribution in [3.8, 4) is 6.07 Å². The van der Waals surface area contributed by atoms with Gasteiger partial charge in [0.1, 0.15) is 11.6 Å². The fourth-order valence-corrected chi connectivity index (χ4v) is 0.629. The molecule has 0 aliphatic rings. The minimum absolute atomic E-state index is 0.0116. The van der Waals surface area contributed by atoms with E-state index in [2.05, 4.69) is 6.58 Å². The van der Waals surface area contributed by atoms with Gasteiger partial charge in [-0.2, -0.15) is 5.26 Å². The minimum atomic E-state index is -0.633. The summed E-state index contributed by atoms with van der Waals surface area (Å²) in [5.74, 6) is 0. The first-order valence-electron chi connectivity index (χ1n) is 3.21. The molecule has 0 fully saturated rings. The number of nitrogens with zero attached hydrogens (tertiary/aromatic N) is 2. The Morgan fingerprint density at radius 2 is 2.33 bits per heavy atom. The van der Waals surface area contributed by atoms with Crippen LogP contribution in [0.3, 0.4) is 0 Å². The summed E-state index contributed by atoms with van der Waals surface area (Å²) in [5, 5.41) is 18.8. The zero-order valence-electron chi connectivity index (χ0n) is 6.65. The maximum atomic E-state index is 10.3. The lowest BCUT2D eigenvalue weighted by atomic mass is 10.2. The van der Waals surface area contributed by atoms with E-state index in [0.29, 0.717) is 0 Å². The molecule has 0 saturated heterocycles. The Morgan fingerprint density at radius 3 is 2.58 bits per heavy atom. The highest BCUT2D eigenvalue weighted by Crippen LogP contribution is 2.06. The van der Waals surface area contributed by atoms with Crippen molar-refractivity contribution in [3.05, 3.63) is 46.2 Å². The third kappa shape index (κ3) is 2.39. The van der Waals surface area contributed by atoms with Gasteiger partial charge in [-0.25, -0.2) is 0 Å². The van der Waals surface area contributed by atoms with Gasteiger partial charge in [-0.15, -0.1) is 0 Å². The van der Waals surface area contributed by atoms with Gasteiger partial charge in [-0.05, 0) is 13.0 Å². The average Bonchev–Trinajstić information content (AvgIpc) is 2.03. The van der Waals surface area contributed by atoms with Crippen molar-refractivity contribution in [3.63, 3.8) is 0 Å². The fourth-order valence-electron chi connectivity index (χ4n) is 0.629. The van der Waals surface area contributed by atoms with E-state index in [9.17, 15) is 10.1 Å². The van der Waals surface area contributed by atoms with Crippen LogP contribution in [0.25, 0.3) is 0 Å². The molecule has 0 aliphatic carbocycles. The topological polar surface area (TPSA) is 66.9 Å². The SMILES string of the molecule is C=C/C(=C(C#N)\C=C/C)[N+](=O)[O-]. The van der Waals surface area contributed by atoms with Gasteiger partial charge in [0.15, 0.2) is 0 Å². The first kappa shape index (κ1) is 10.1. The van der Waals surface area contributed by atoms with Crippen molar-refractivity contribution in [2.75, 3.05) is 0 Å². The van der Waals surface area contributed by atoms with E-state index < -0.39 is 4.92 Å². The predicted molar refractivity (Wildman–Crippen MR) is 44.6 cm³/mol. The van der Waals surface area contributed by atoms with Crippen molar-refractivity contribution in [2.45, 2.75) is 6.92 Å². The molecule has 4 nitrogen and oxygen atoms in total. The van der Waals surface area contributed by atoms with Crippen molar-refractivity contribution in [1.82, 2.24) is 0 Å². The maximum Gasteiger partial charge on any atom is 0.286 e. The van der Waals surface area contributed by atoms with Crippen LogP contribution in [0.15, 0.2) is 36.1 Å². The molecule has 0 rings (SSSR count). The Balaban J connectivity index is 5.19. The molecule has 0 bridgehead atoms. The molecule has 0 unspecified atom stereocenters. The fraction of sp³-hybridized carbons (Fsp3) is 0.125. The van der Waals surface area contributed by atoms with Crippen molar-refractivity contribution in [1.29, 1.82) is 5.26 Å². The van der Waals surface area contributed by atoms with Crippen LogP contribution in [-0.4, -0.2) is 4.92 Å². The van der Waals surface area contributed by atoms with E-state index in [1.165, 1.54) is 6.08 Å². The second kappa shape index (κ2) is 4.85. The molecule has 0 aromatic rings. The second-order valence-electron chi connectivity index (χ2n) is 1.87. The first-order valence-corrected chi connectivity index (χ1v) is 3.21. The number of rotatable bonds is 3. The van der Waals surface area contributed by atoms with Crippen LogP contribution >= 0.6 is 0 Å². The average molecular weight is 164 g/mol. The third-order valence-corrected chi connectivity index (χ3v) is 1.12. The van der Waals surface area contributed by atoms with Crippen LogP contribution in [0.2, 0.25) is 0 Å². The Morgan fingerprint density at radius 1 is 1.75 bits per heavy atom. The molecular weight excluding hydrogens is 156 g/mol. The zero-order chi connectivity index (χ0) is 9.56. The summed E-state index contributed by atoms with van der Waals surface area (Å²) in [6.07, 6.45) is 3.99. The highest BCUT2D eigenvalue weighted by atomic mass is 16.6. The largest absolute Gasteiger partial charge is 0.286 e. The molecule has 62 valence electrons. The highest BCUT2D eigenvalue weighted by Gasteiger charge is 2.10. The standard InChI is InChI=1S/C8H8N2O2/c1-3-5-7(6-9)8(4-2)10(11)12/h3-5H,2H2,1H3/b5-3-,8-7-. The third-order valence-electron chi connectivity index (χ3n) is 1.12. The van der Waals surface area contributed by atoms with Crippen molar-refractivity contribution < 1.29 is 4.92 Å². The van der Waals surface area contributed by atoms with E-state index in [4.69, 9.17) is 5.26 Å². The molecule has 0 N–H and O–H groups in total. The van der Waals surface area contributed by atoms with Crippen LogP contribution < -0.4 is 0 Å². The molecule has 4 heteroatoms. The molecular formula is C8H8N2O2. The van der Waals surface area contributed by atoms with Crippen LogP contribution in [0.5, 0.6) is 0 Å². The van der Waals surface area contributed by atoms with Gasteiger partial charge in [-0.3, -0.25) is 10.1 Å². The second-order valence-corrected chi connectivity index (χ2v) is 1.87. The molecule has 0 heterocycles. The molecule has 0 spiro atoms. The van der Waals surface area contributed by atoms with Crippen LogP contribution in [-0.2, 0) is 0 Å². The quantitative estimate of drug-likeness (QED) is 0.276. The number of nitriles is 1. The van der Waals surface area contributed by atoms with E-state index in [1.807, 2.05) is 0 Å². The maximum absolute atomic E-state index is 10.3. The van der Waals surface area contributed by atoms with Crippen molar-refractivity contribution in [2.24, 2.45) is 0 Å². The van der Waals surface area contributed by atoms with Gasteiger partial charge in [0.2, 0.25) is 0 Å². The summed E-state index contributed by atoms with van der Waals surface area (Å²) in [4.78, 5) is 9.66. The molecule has 0 saturated carbocycles. The normalized spacial score (nSPS) is 12.0. The first-order chi connectivity index (χ1) is 5.67. The summed E-state index contributed by atoms with van der Waals surface area (Å²) in [7, 11) is 0. The highest BCUT2D eigenvalue weighted by molar-refractivity contribution is 5.38. The Bertz CT molecular complexity index is 295. The summed E-state index contributed by atoms with van der Waals surface area (Å²) in [6.45, 7) is 4.93. The lowest BCUT2D eigenvalue weighted by molar-refractivity contribution is -0.419. The number of allylic oxidation sites excluding steroid dienone is 4. The van der Waals surface area contributed by atoms with E-state index in [1.54, 1.807) is 19.1 Å². The number of nitro groups is 1. The van der Waals surface area contributed by atoms with Gasteiger partial charge < -0.3 is 0 Å².